The fourth-order valence-electron chi connectivity index (χ4n) is 1.24. The summed E-state index contributed by atoms with van der Waals surface area (Å²) in [6.07, 6.45) is 0.830. The molecule has 0 unspecified atom stereocenters. The van der Waals surface area contributed by atoms with E-state index < -0.39 is 0 Å². The maximum Gasteiger partial charge on any atom is 0.129 e. The van der Waals surface area contributed by atoms with Gasteiger partial charge in [-0.1, -0.05) is 18.5 Å². The first-order valence-corrected chi connectivity index (χ1v) is 5.13. The summed E-state index contributed by atoms with van der Waals surface area (Å²) in [4.78, 5) is 4.24. The number of hydrazine groups is 1. The molecule has 3 nitrogen and oxygen atoms in total. The topological polar surface area (TPSA) is 42.2 Å². The standard InChI is InChI=1S/C10H16ClN3/c1-4-8-9(14(12)7(2)3)5-6-10(11)13-8/h5-7H,4,12H2,1-3H3. The molecule has 1 aromatic rings. The number of nitrogens with zero attached hydrogens (tertiary/aromatic N) is 2. The average molecular weight is 214 g/mol. The Balaban J connectivity index is 3.07. The molecule has 4 heteroatoms. The second kappa shape index (κ2) is 4.62. The van der Waals surface area contributed by atoms with Gasteiger partial charge in [0, 0.05) is 6.04 Å². The van der Waals surface area contributed by atoms with Gasteiger partial charge >= 0.3 is 0 Å². The Kier molecular flexibility index (Phi) is 3.72. The van der Waals surface area contributed by atoms with E-state index in [4.69, 9.17) is 17.4 Å². The van der Waals surface area contributed by atoms with E-state index in [2.05, 4.69) is 4.98 Å². The Morgan fingerprint density at radius 1 is 1.50 bits per heavy atom. The summed E-state index contributed by atoms with van der Waals surface area (Å²) < 4.78 is 0. The molecule has 0 amide bonds. The van der Waals surface area contributed by atoms with Gasteiger partial charge in [0.25, 0.3) is 0 Å². The Bertz CT molecular complexity index is 312. The van der Waals surface area contributed by atoms with Gasteiger partial charge in [-0.25, -0.2) is 10.8 Å². The van der Waals surface area contributed by atoms with E-state index in [1.54, 1.807) is 11.1 Å². The second-order valence-electron chi connectivity index (χ2n) is 3.45. The summed E-state index contributed by atoms with van der Waals surface area (Å²) >= 11 is 5.81. The first kappa shape index (κ1) is 11.3. The third-order valence-corrected chi connectivity index (χ3v) is 2.30. The predicted molar refractivity (Wildman–Crippen MR) is 60.4 cm³/mol. The van der Waals surface area contributed by atoms with Crippen molar-refractivity contribution in [3.8, 4) is 0 Å². The molecule has 0 bridgehead atoms. The lowest BCUT2D eigenvalue weighted by Crippen LogP contribution is -2.38. The zero-order chi connectivity index (χ0) is 10.7. The lowest BCUT2D eigenvalue weighted by atomic mass is 10.2. The molecule has 0 aliphatic rings. The zero-order valence-electron chi connectivity index (χ0n) is 8.79. The van der Waals surface area contributed by atoms with Crippen LogP contribution in [0.2, 0.25) is 5.15 Å². The molecule has 0 saturated carbocycles. The van der Waals surface area contributed by atoms with E-state index in [9.17, 15) is 0 Å². The summed E-state index contributed by atoms with van der Waals surface area (Å²) in [6.45, 7) is 6.11. The zero-order valence-corrected chi connectivity index (χ0v) is 9.54. The second-order valence-corrected chi connectivity index (χ2v) is 3.84. The molecular formula is C10H16ClN3. The monoisotopic (exact) mass is 213 g/mol. The van der Waals surface area contributed by atoms with Crippen molar-refractivity contribution in [3.05, 3.63) is 23.0 Å². The van der Waals surface area contributed by atoms with E-state index in [1.165, 1.54) is 0 Å². The maximum absolute atomic E-state index is 5.91. The SMILES string of the molecule is CCc1nc(Cl)ccc1N(N)C(C)C. The van der Waals surface area contributed by atoms with Gasteiger partial charge in [-0.05, 0) is 32.4 Å². The molecule has 0 saturated heterocycles. The van der Waals surface area contributed by atoms with Gasteiger partial charge in [0.1, 0.15) is 5.15 Å². The summed E-state index contributed by atoms with van der Waals surface area (Å²) in [7, 11) is 0. The molecule has 1 aromatic heterocycles. The van der Waals surface area contributed by atoms with Gasteiger partial charge in [-0.15, -0.1) is 0 Å². The molecular weight excluding hydrogens is 198 g/mol. The molecule has 0 spiro atoms. The van der Waals surface area contributed by atoms with Gasteiger partial charge < -0.3 is 5.01 Å². The summed E-state index contributed by atoms with van der Waals surface area (Å²) in [5.41, 5.74) is 1.89. The van der Waals surface area contributed by atoms with Crippen LogP contribution in [0.5, 0.6) is 0 Å². The molecule has 0 atom stereocenters. The Morgan fingerprint density at radius 2 is 2.14 bits per heavy atom. The van der Waals surface area contributed by atoms with Crippen molar-refractivity contribution in [1.82, 2.24) is 4.98 Å². The van der Waals surface area contributed by atoms with Gasteiger partial charge in [-0.3, -0.25) is 0 Å². The van der Waals surface area contributed by atoms with Crippen molar-refractivity contribution in [2.75, 3.05) is 5.01 Å². The molecule has 14 heavy (non-hydrogen) atoms. The summed E-state index contributed by atoms with van der Waals surface area (Å²) in [5.74, 6) is 5.91. The Labute approximate surface area is 89.8 Å². The van der Waals surface area contributed by atoms with E-state index in [1.807, 2.05) is 26.8 Å². The molecule has 0 aliphatic carbocycles. The molecule has 0 aliphatic heterocycles. The highest BCUT2D eigenvalue weighted by molar-refractivity contribution is 6.29. The predicted octanol–water partition coefficient (Wildman–Crippen LogP) is 2.39. The van der Waals surface area contributed by atoms with E-state index >= 15 is 0 Å². The molecule has 1 heterocycles. The van der Waals surface area contributed by atoms with Crippen LogP contribution in [-0.2, 0) is 6.42 Å². The normalized spacial score (nSPS) is 10.7. The molecule has 2 N–H and O–H groups in total. The minimum atomic E-state index is 0.253. The number of halogens is 1. The minimum absolute atomic E-state index is 0.253. The van der Waals surface area contributed by atoms with Crippen molar-refractivity contribution >= 4 is 17.3 Å². The lowest BCUT2D eigenvalue weighted by Gasteiger charge is -2.24. The Morgan fingerprint density at radius 3 is 2.64 bits per heavy atom. The third kappa shape index (κ3) is 2.36. The molecule has 0 aromatic carbocycles. The van der Waals surface area contributed by atoms with Crippen LogP contribution in [0.15, 0.2) is 12.1 Å². The van der Waals surface area contributed by atoms with Crippen LogP contribution in [0.3, 0.4) is 0 Å². The number of hydrogen-bond donors (Lipinski definition) is 1. The van der Waals surface area contributed by atoms with Gasteiger partial charge in [-0.2, -0.15) is 0 Å². The first-order valence-electron chi connectivity index (χ1n) is 4.75. The number of hydrogen-bond acceptors (Lipinski definition) is 3. The van der Waals surface area contributed by atoms with Crippen LogP contribution >= 0.6 is 11.6 Å². The highest BCUT2D eigenvalue weighted by Gasteiger charge is 2.11. The molecule has 1 rings (SSSR count). The van der Waals surface area contributed by atoms with Gasteiger partial charge in [0.15, 0.2) is 0 Å². The van der Waals surface area contributed by atoms with Crippen molar-refractivity contribution in [2.45, 2.75) is 33.2 Å². The highest BCUT2D eigenvalue weighted by atomic mass is 35.5. The van der Waals surface area contributed by atoms with Crippen LogP contribution in [-0.4, -0.2) is 11.0 Å². The number of aryl methyl sites for hydroxylation is 1. The molecule has 0 radical (unpaired) electrons. The lowest BCUT2D eigenvalue weighted by molar-refractivity contribution is 0.704. The van der Waals surface area contributed by atoms with Crippen LogP contribution in [0.1, 0.15) is 26.5 Å². The van der Waals surface area contributed by atoms with Gasteiger partial charge in [0.2, 0.25) is 0 Å². The van der Waals surface area contributed by atoms with Gasteiger partial charge in [0.05, 0.1) is 11.4 Å². The van der Waals surface area contributed by atoms with E-state index in [0.717, 1.165) is 17.8 Å². The number of nitrogens with two attached hydrogens (primary N) is 1. The van der Waals surface area contributed by atoms with Crippen LogP contribution < -0.4 is 10.9 Å². The maximum atomic E-state index is 5.91. The van der Waals surface area contributed by atoms with Crippen LogP contribution in [0, 0.1) is 0 Å². The van der Waals surface area contributed by atoms with Crippen molar-refractivity contribution in [1.29, 1.82) is 0 Å². The smallest absolute Gasteiger partial charge is 0.129 e. The third-order valence-electron chi connectivity index (χ3n) is 2.09. The average Bonchev–Trinajstić information content (AvgIpc) is 2.16. The molecule has 78 valence electrons. The quantitative estimate of drug-likeness (QED) is 0.476. The fraction of sp³-hybridized carbons (Fsp3) is 0.500. The van der Waals surface area contributed by atoms with Crippen molar-refractivity contribution in [3.63, 3.8) is 0 Å². The fourth-order valence-corrected chi connectivity index (χ4v) is 1.41. The highest BCUT2D eigenvalue weighted by Crippen LogP contribution is 2.21. The summed E-state index contributed by atoms with van der Waals surface area (Å²) in [6, 6.07) is 3.93. The van der Waals surface area contributed by atoms with Crippen molar-refractivity contribution < 1.29 is 0 Å². The number of rotatable bonds is 3. The van der Waals surface area contributed by atoms with Crippen molar-refractivity contribution in [2.24, 2.45) is 5.84 Å². The number of aromatic nitrogens is 1. The van der Waals surface area contributed by atoms with E-state index in [-0.39, 0.29) is 6.04 Å². The largest absolute Gasteiger partial charge is 0.307 e. The van der Waals surface area contributed by atoms with Crippen LogP contribution in [0.25, 0.3) is 0 Å². The molecule has 0 fully saturated rings. The van der Waals surface area contributed by atoms with Crippen LogP contribution in [0.4, 0.5) is 5.69 Å². The first-order chi connectivity index (χ1) is 6.56. The Hall–Kier alpha value is -0.800. The minimum Gasteiger partial charge on any atom is -0.307 e. The number of pyridine rings is 1. The number of anilines is 1. The summed E-state index contributed by atoms with van der Waals surface area (Å²) in [5, 5.41) is 2.23. The van der Waals surface area contributed by atoms with E-state index in [0.29, 0.717) is 5.15 Å².